The summed E-state index contributed by atoms with van der Waals surface area (Å²) in [5.41, 5.74) is 3.22. The molecule has 0 aliphatic heterocycles. The largest absolute Gasteiger partial charge is 0.338 e. The Hall–Kier alpha value is -2.16. The molecule has 0 radical (unpaired) electrons. The zero-order valence-electron chi connectivity index (χ0n) is 10.4. The van der Waals surface area contributed by atoms with Crippen molar-refractivity contribution >= 4 is 11.0 Å². The number of para-hydroxylation sites is 2. The highest BCUT2D eigenvalue weighted by atomic mass is 15.0. The van der Waals surface area contributed by atoms with Crippen molar-refractivity contribution in [3.05, 3.63) is 48.8 Å². The lowest BCUT2D eigenvalue weighted by Crippen LogP contribution is -2.32. The molecule has 3 nitrogen and oxygen atoms in total. The van der Waals surface area contributed by atoms with Gasteiger partial charge in [0.05, 0.1) is 16.6 Å². The van der Waals surface area contributed by atoms with Gasteiger partial charge < -0.3 is 4.98 Å². The number of imidazole rings is 1. The van der Waals surface area contributed by atoms with Crippen LogP contribution in [0, 0.1) is 0 Å². The lowest BCUT2D eigenvalue weighted by Gasteiger charge is -1.96. The highest BCUT2D eigenvalue weighted by Gasteiger charge is 2.08. The van der Waals surface area contributed by atoms with Crippen LogP contribution in [0.15, 0.2) is 48.8 Å². The van der Waals surface area contributed by atoms with Crippen molar-refractivity contribution in [3.63, 3.8) is 0 Å². The van der Waals surface area contributed by atoms with E-state index in [2.05, 4.69) is 52.1 Å². The van der Waals surface area contributed by atoms with Crippen molar-refractivity contribution in [3.8, 4) is 11.4 Å². The molecule has 1 aromatic carbocycles. The van der Waals surface area contributed by atoms with Gasteiger partial charge in [0.1, 0.15) is 12.4 Å². The van der Waals surface area contributed by atoms with Crippen LogP contribution in [0.25, 0.3) is 22.4 Å². The average Bonchev–Trinajstić information content (AvgIpc) is 2.83. The first kappa shape index (κ1) is 11.0. The lowest BCUT2D eigenvalue weighted by atomic mass is 10.2. The maximum atomic E-state index is 4.62. The van der Waals surface area contributed by atoms with E-state index in [1.807, 2.05) is 18.2 Å². The highest BCUT2D eigenvalue weighted by Crippen LogP contribution is 2.18. The van der Waals surface area contributed by atoms with Crippen LogP contribution in [-0.4, -0.2) is 9.97 Å². The van der Waals surface area contributed by atoms with Crippen LogP contribution < -0.4 is 4.57 Å². The number of benzene rings is 1. The summed E-state index contributed by atoms with van der Waals surface area (Å²) in [6.45, 7) is 3.22. The van der Waals surface area contributed by atoms with E-state index >= 15 is 0 Å². The molecule has 90 valence electrons. The second kappa shape index (κ2) is 4.61. The first-order valence-corrected chi connectivity index (χ1v) is 6.31. The molecule has 0 bridgehead atoms. The van der Waals surface area contributed by atoms with Crippen molar-refractivity contribution in [1.82, 2.24) is 9.97 Å². The summed E-state index contributed by atoms with van der Waals surface area (Å²) in [7, 11) is 0. The minimum Gasteiger partial charge on any atom is -0.338 e. The van der Waals surface area contributed by atoms with Gasteiger partial charge in [-0.25, -0.2) is 9.55 Å². The summed E-state index contributed by atoms with van der Waals surface area (Å²) >= 11 is 0. The Morgan fingerprint density at radius 3 is 2.89 bits per heavy atom. The van der Waals surface area contributed by atoms with Crippen LogP contribution in [0.1, 0.15) is 13.3 Å². The first-order chi connectivity index (χ1) is 8.86. The molecule has 2 heterocycles. The van der Waals surface area contributed by atoms with E-state index in [1.165, 1.54) is 0 Å². The van der Waals surface area contributed by atoms with E-state index in [0.717, 1.165) is 35.4 Å². The van der Waals surface area contributed by atoms with Crippen molar-refractivity contribution in [2.75, 3.05) is 0 Å². The monoisotopic (exact) mass is 238 g/mol. The van der Waals surface area contributed by atoms with Crippen molar-refractivity contribution in [2.45, 2.75) is 19.9 Å². The summed E-state index contributed by atoms with van der Waals surface area (Å²) in [5, 5.41) is 0. The van der Waals surface area contributed by atoms with Gasteiger partial charge >= 0.3 is 0 Å². The lowest BCUT2D eigenvalue weighted by molar-refractivity contribution is -0.696. The molecule has 1 N–H and O–H groups in total. The highest BCUT2D eigenvalue weighted by molar-refractivity contribution is 5.78. The van der Waals surface area contributed by atoms with Gasteiger partial charge in [-0.1, -0.05) is 19.1 Å². The molecule has 0 amide bonds. The Morgan fingerprint density at radius 2 is 2.06 bits per heavy atom. The predicted octanol–water partition coefficient (Wildman–Crippen LogP) is 2.93. The predicted molar refractivity (Wildman–Crippen MR) is 72.0 cm³/mol. The SMILES string of the molecule is CCC[n+]1cccc(-c2nc3ccccc3[nH]2)c1. The van der Waals surface area contributed by atoms with E-state index in [-0.39, 0.29) is 0 Å². The number of aryl methyl sites for hydroxylation is 1. The van der Waals surface area contributed by atoms with Crippen molar-refractivity contribution in [2.24, 2.45) is 0 Å². The molecule has 3 heteroatoms. The third-order valence-corrected chi connectivity index (χ3v) is 3.00. The standard InChI is InChI=1S/C15H16N3/c1-2-9-18-10-5-6-12(11-18)15-16-13-7-3-4-8-14(13)17-15/h3-8,10-11H,2,9H2,1H3,(H,16,17)/q+1. The van der Waals surface area contributed by atoms with Gasteiger partial charge in [0.15, 0.2) is 12.4 Å². The Labute approximate surface area is 106 Å². The van der Waals surface area contributed by atoms with E-state index in [0.29, 0.717) is 0 Å². The quantitative estimate of drug-likeness (QED) is 0.699. The zero-order chi connectivity index (χ0) is 12.4. The van der Waals surface area contributed by atoms with E-state index < -0.39 is 0 Å². The summed E-state index contributed by atoms with van der Waals surface area (Å²) < 4.78 is 2.20. The fourth-order valence-corrected chi connectivity index (χ4v) is 2.15. The molecule has 18 heavy (non-hydrogen) atoms. The second-order valence-corrected chi connectivity index (χ2v) is 4.43. The van der Waals surface area contributed by atoms with Gasteiger partial charge in [-0.2, -0.15) is 0 Å². The summed E-state index contributed by atoms with van der Waals surface area (Å²) in [6, 6.07) is 12.3. The molecule has 3 aromatic rings. The van der Waals surface area contributed by atoms with Crippen molar-refractivity contribution < 1.29 is 4.57 Å². The maximum Gasteiger partial charge on any atom is 0.179 e. The molecule has 0 saturated carbocycles. The Balaban J connectivity index is 2.05. The smallest absolute Gasteiger partial charge is 0.179 e. The van der Waals surface area contributed by atoms with Crippen LogP contribution in [0.4, 0.5) is 0 Å². The van der Waals surface area contributed by atoms with Crippen LogP contribution in [-0.2, 0) is 6.54 Å². The average molecular weight is 238 g/mol. The fraction of sp³-hybridized carbons (Fsp3) is 0.200. The third kappa shape index (κ3) is 1.99. The molecular formula is C15H16N3+. The number of pyridine rings is 1. The molecule has 0 saturated heterocycles. The Bertz CT molecular complexity index is 637. The Kier molecular flexibility index (Phi) is 2.81. The number of nitrogens with one attached hydrogen (secondary N) is 1. The number of fused-ring (bicyclic) bond motifs is 1. The second-order valence-electron chi connectivity index (χ2n) is 4.43. The Morgan fingerprint density at radius 1 is 1.17 bits per heavy atom. The number of H-pyrrole nitrogens is 1. The number of nitrogens with zero attached hydrogens (tertiary/aromatic N) is 2. The summed E-state index contributed by atoms with van der Waals surface area (Å²) in [5.74, 6) is 0.932. The molecule has 0 unspecified atom stereocenters. The number of aromatic amines is 1. The molecule has 3 rings (SSSR count). The van der Waals surface area contributed by atoms with Crippen LogP contribution >= 0.6 is 0 Å². The number of aromatic nitrogens is 3. The molecule has 2 aromatic heterocycles. The van der Waals surface area contributed by atoms with Crippen LogP contribution in [0.5, 0.6) is 0 Å². The van der Waals surface area contributed by atoms with Gasteiger partial charge in [0.25, 0.3) is 0 Å². The minimum atomic E-state index is 0.932. The number of hydrogen-bond donors (Lipinski definition) is 1. The summed E-state index contributed by atoms with van der Waals surface area (Å²) in [6.07, 6.45) is 5.37. The molecule has 0 spiro atoms. The molecule has 0 fully saturated rings. The molecular weight excluding hydrogens is 222 g/mol. The third-order valence-electron chi connectivity index (χ3n) is 3.00. The number of rotatable bonds is 3. The van der Waals surface area contributed by atoms with Crippen LogP contribution in [0.2, 0.25) is 0 Å². The van der Waals surface area contributed by atoms with E-state index in [9.17, 15) is 0 Å². The van der Waals surface area contributed by atoms with E-state index in [1.54, 1.807) is 0 Å². The normalized spacial score (nSPS) is 10.9. The molecule has 0 aliphatic rings. The van der Waals surface area contributed by atoms with Crippen molar-refractivity contribution in [1.29, 1.82) is 0 Å². The van der Waals surface area contributed by atoms with Gasteiger partial charge in [-0.3, -0.25) is 0 Å². The maximum absolute atomic E-state index is 4.62. The van der Waals surface area contributed by atoms with E-state index in [4.69, 9.17) is 0 Å². The fourth-order valence-electron chi connectivity index (χ4n) is 2.15. The summed E-state index contributed by atoms with van der Waals surface area (Å²) in [4.78, 5) is 7.97. The topological polar surface area (TPSA) is 32.6 Å². The zero-order valence-corrected chi connectivity index (χ0v) is 10.4. The minimum absolute atomic E-state index is 0.932. The van der Waals surface area contributed by atoms with Gasteiger partial charge in [0.2, 0.25) is 0 Å². The molecule has 0 aliphatic carbocycles. The molecule has 0 atom stereocenters. The first-order valence-electron chi connectivity index (χ1n) is 6.31. The van der Waals surface area contributed by atoms with Gasteiger partial charge in [-0.05, 0) is 18.2 Å². The van der Waals surface area contributed by atoms with Gasteiger partial charge in [-0.15, -0.1) is 0 Å². The van der Waals surface area contributed by atoms with Crippen LogP contribution in [0.3, 0.4) is 0 Å². The van der Waals surface area contributed by atoms with Gasteiger partial charge in [0, 0.05) is 12.5 Å². The number of hydrogen-bond acceptors (Lipinski definition) is 1.